The number of benzene rings is 1. The number of anilines is 1. The predicted molar refractivity (Wildman–Crippen MR) is 102 cm³/mol. The Hall–Kier alpha value is -1.67. The van der Waals surface area contributed by atoms with Gasteiger partial charge in [-0.3, -0.25) is 0 Å². The number of rotatable bonds is 16. The van der Waals surface area contributed by atoms with Crippen molar-refractivity contribution in [2.24, 2.45) is 0 Å². The average molecular weight is 371 g/mol. The van der Waals surface area contributed by atoms with Crippen molar-refractivity contribution in [3.63, 3.8) is 0 Å². The van der Waals surface area contributed by atoms with Gasteiger partial charge in [-0.05, 0) is 24.3 Å². The third kappa shape index (κ3) is 14.7. The van der Waals surface area contributed by atoms with E-state index in [1.807, 2.05) is 45.2 Å². The molecule has 1 aromatic carbocycles. The van der Waals surface area contributed by atoms with E-state index in [1.54, 1.807) is 0 Å². The van der Waals surface area contributed by atoms with E-state index < -0.39 is 0 Å². The second kappa shape index (κ2) is 19.7. The molecule has 0 aliphatic heterocycles. The van der Waals surface area contributed by atoms with Crippen LogP contribution in [-0.2, 0) is 23.7 Å². The quantitative estimate of drug-likeness (QED) is 0.353. The van der Waals surface area contributed by atoms with Crippen molar-refractivity contribution in [3.8, 4) is 5.75 Å². The van der Waals surface area contributed by atoms with Crippen molar-refractivity contribution in [1.82, 2.24) is 0 Å². The zero-order chi connectivity index (χ0) is 19.3. The molecule has 0 radical (unpaired) electrons. The maximum atomic E-state index is 9.99. The molecule has 7 nitrogen and oxygen atoms in total. The molecule has 1 N–H and O–H groups in total. The van der Waals surface area contributed by atoms with Gasteiger partial charge < -0.3 is 33.8 Å². The standard InChI is InChI=1S/C17H27NO6.C2H6/c1-18-16-2-4-17(5-3-16)24-15-14-23-13-12-22-11-10-21-9-8-20-7-6-19;1-2/h2-6,18H,7-15H2,1H3;1-2H3. The van der Waals surface area contributed by atoms with Crippen LogP contribution in [0, 0.1) is 0 Å². The van der Waals surface area contributed by atoms with E-state index in [-0.39, 0.29) is 6.61 Å². The lowest BCUT2D eigenvalue weighted by molar-refractivity contribution is -0.112. The summed E-state index contributed by atoms with van der Waals surface area (Å²) >= 11 is 0. The highest BCUT2D eigenvalue weighted by atomic mass is 16.6. The van der Waals surface area contributed by atoms with Gasteiger partial charge in [0.2, 0.25) is 0 Å². The van der Waals surface area contributed by atoms with Crippen LogP contribution in [0.3, 0.4) is 0 Å². The van der Waals surface area contributed by atoms with Gasteiger partial charge in [-0.15, -0.1) is 0 Å². The summed E-state index contributed by atoms with van der Waals surface area (Å²) < 4.78 is 26.5. The van der Waals surface area contributed by atoms with E-state index in [2.05, 4.69) is 5.32 Å². The lowest BCUT2D eigenvalue weighted by Crippen LogP contribution is -2.14. The average Bonchev–Trinajstić information content (AvgIpc) is 2.70. The van der Waals surface area contributed by atoms with Crippen molar-refractivity contribution in [1.29, 1.82) is 0 Å². The van der Waals surface area contributed by atoms with Crippen LogP contribution >= 0.6 is 0 Å². The summed E-state index contributed by atoms with van der Waals surface area (Å²) in [5, 5.41) is 3.05. The molecule has 0 fully saturated rings. The third-order valence-electron chi connectivity index (χ3n) is 2.94. The zero-order valence-electron chi connectivity index (χ0n) is 16.2. The van der Waals surface area contributed by atoms with Crippen LogP contribution < -0.4 is 10.1 Å². The van der Waals surface area contributed by atoms with Gasteiger partial charge in [0.05, 0.1) is 46.2 Å². The topological polar surface area (TPSA) is 75.2 Å². The van der Waals surface area contributed by atoms with Crippen LogP contribution in [0.1, 0.15) is 13.8 Å². The molecule has 26 heavy (non-hydrogen) atoms. The summed E-state index contributed by atoms with van der Waals surface area (Å²) in [5.74, 6) is 0.822. The monoisotopic (exact) mass is 371 g/mol. The molecule has 150 valence electrons. The number of nitrogens with one attached hydrogen (secondary N) is 1. The smallest absolute Gasteiger partial charge is 0.145 e. The summed E-state index contributed by atoms with van der Waals surface area (Å²) in [7, 11) is 1.88. The Bertz CT molecular complexity index is 413. The van der Waals surface area contributed by atoms with Crippen LogP contribution in [0.2, 0.25) is 0 Å². The molecule has 1 aromatic rings. The third-order valence-corrected chi connectivity index (χ3v) is 2.94. The van der Waals surface area contributed by atoms with E-state index in [9.17, 15) is 4.79 Å². The Balaban J connectivity index is 0.00000301. The van der Waals surface area contributed by atoms with Gasteiger partial charge in [0, 0.05) is 12.7 Å². The molecule has 0 amide bonds. The number of hydrogen-bond acceptors (Lipinski definition) is 7. The summed E-state index contributed by atoms with van der Waals surface area (Å²) in [4.78, 5) is 9.99. The van der Waals surface area contributed by atoms with Crippen molar-refractivity contribution in [3.05, 3.63) is 24.3 Å². The van der Waals surface area contributed by atoms with Gasteiger partial charge in [0.15, 0.2) is 0 Å². The molecule has 0 atom stereocenters. The van der Waals surface area contributed by atoms with Crippen LogP contribution in [0.5, 0.6) is 5.75 Å². The summed E-state index contributed by atoms with van der Waals surface area (Å²) in [6, 6.07) is 7.75. The Morgan fingerprint density at radius 3 is 1.69 bits per heavy atom. The first-order valence-corrected chi connectivity index (χ1v) is 9.02. The van der Waals surface area contributed by atoms with E-state index in [0.29, 0.717) is 59.1 Å². The fourth-order valence-corrected chi connectivity index (χ4v) is 1.73. The lowest BCUT2D eigenvalue weighted by atomic mass is 10.3. The second-order valence-electron chi connectivity index (χ2n) is 4.70. The maximum absolute atomic E-state index is 9.99. The van der Waals surface area contributed by atoms with Gasteiger partial charge in [0.1, 0.15) is 25.2 Å². The maximum Gasteiger partial charge on any atom is 0.145 e. The van der Waals surface area contributed by atoms with Crippen LogP contribution in [0.25, 0.3) is 0 Å². The summed E-state index contributed by atoms with van der Waals surface area (Å²) in [6.07, 6.45) is 0.716. The molecule has 0 saturated heterocycles. The first-order chi connectivity index (χ1) is 12.9. The van der Waals surface area contributed by atoms with Crippen LogP contribution in [0.15, 0.2) is 24.3 Å². The number of aldehydes is 1. The first kappa shape index (κ1) is 24.3. The molecule has 0 unspecified atom stereocenters. The molecule has 0 aliphatic carbocycles. The molecule has 7 heteroatoms. The van der Waals surface area contributed by atoms with Crippen LogP contribution in [0.4, 0.5) is 5.69 Å². The highest BCUT2D eigenvalue weighted by Gasteiger charge is 1.95. The molecule has 1 rings (SSSR count). The normalized spacial score (nSPS) is 9.96. The molecular weight excluding hydrogens is 338 g/mol. The molecule has 0 aromatic heterocycles. The highest BCUT2D eigenvalue weighted by molar-refractivity contribution is 5.50. The zero-order valence-corrected chi connectivity index (χ0v) is 16.2. The van der Waals surface area contributed by atoms with Crippen molar-refractivity contribution in [2.75, 3.05) is 71.8 Å². The number of carbonyl (C=O) groups excluding carboxylic acids is 1. The minimum Gasteiger partial charge on any atom is -0.491 e. The number of hydrogen-bond donors (Lipinski definition) is 1. The Kier molecular flexibility index (Phi) is 18.4. The molecule has 0 aliphatic rings. The van der Waals surface area contributed by atoms with E-state index in [4.69, 9.17) is 23.7 Å². The van der Waals surface area contributed by atoms with Gasteiger partial charge >= 0.3 is 0 Å². The first-order valence-electron chi connectivity index (χ1n) is 9.02. The van der Waals surface area contributed by atoms with Gasteiger partial charge in [-0.1, -0.05) is 13.8 Å². The van der Waals surface area contributed by atoms with Crippen molar-refractivity contribution in [2.45, 2.75) is 13.8 Å². The minimum atomic E-state index is 0.113. The number of ether oxygens (including phenoxy) is 5. The Morgan fingerprint density at radius 1 is 0.769 bits per heavy atom. The summed E-state index contributed by atoms with van der Waals surface area (Å²) in [5.41, 5.74) is 1.05. The van der Waals surface area contributed by atoms with E-state index >= 15 is 0 Å². The molecule has 0 saturated carbocycles. The predicted octanol–water partition coefficient (Wildman–Crippen LogP) is 2.40. The molecule has 0 heterocycles. The van der Waals surface area contributed by atoms with E-state index in [0.717, 1.165) is 11.4 Å². The Morgan fingerprint density at radius 2 is 1.23 bits per heavy atom. The van der Waals surface area contributed by atoms with E-state index in [1.165, 1.54) is 0 Å². The summed E-state index contributed by atoms with van der Waals surface area (Å²) in [6.45, 7) is 8.04. The minimum absolute atomic E-state index is 0.113. The fraction of sp³-hybridized carbons (Fsp3) is 0.632. The fourth-order valence-electron chi connectivity index (χ4n) is 1.73. The van der Waals surface area contributed by atoms with Gasteiger partial charge in [-0.25, -0.2) is 0 Å². The highest BCUT2D eigenvalue weighted by Crippen LogP contribution is 2.14. The molecular formula is C19H33NO6. The largest absolute Gasteiger partial charge is 0.491 e. The van der Waals surface area contributed by atoms with Gasteiger partial charge in [-0.2, -0.15) is 0 Å². The lowest BCUT2D eigenvalue weighted by Gasteiger charge is -2.09. The van der Waals surface area contributed by atoms with Crippen molar-refractivity contribution >= 4 is 12.0 Å². The van der Waals surface area contributed by atoms with Gasteiger partial charge in [0.25, 0.3) is 0 Å². The van der Waals surface area contributed by atoms with Crippen LogP contribution in [-0.4, -0.2) is 72.8 Å². The SMILES string of the molecule is CC.CNc1ccc(OCCOCCOCCOCCOCC=O)cc1. The number of carbonyl (C=O) groups is 1. The Labute approximate surface area is 156 Å². The molecule has 0 spiro atoms. The molecule has 0 bridgehead atoms. The van der Waals surface area contributed by atoms with Crippen molar-refractivity contribution < 1.29 is 28.5 Å². The second-order valence-corrected chi connectivity index (χ2v) is 4.70.